The van der Waals surface area contributed by atoms with Crippen molar-refractivity contribution in [2.75, 3.05) is 32.8 Å². The maximum atomic E-state index is 13.0. The fourth-order valence-corrected chi connectivity index (χ4v) is 5.12. The summed E-state index contributed by atoms with van der Waals surface area (Å²) in [5.74, 6) is 0. The van der Waals surface area contributed by atoms with Crippen LogP contribution in [0.4, 0.5) is 14.4 Å². The van der Waals surface area contributed by atoms with Crippen molar-refractivity contribution in [2.45, 2.75) is 117 Å². The lowest BCUT2D eigenvalue weighted by Gasteiger charge is -2.29. The van der Waals surface area contributed by atoms with E-state index in [-0.39, 0.29) is 17.6 Å². The van der Waals surface area contributed by atoms with E-state index in [2.05, 4.69) is 57.3 Å². The second kappa shape index (κ2) is 19.3. The number of hydrogen-bond acceptors (Lipinski definition) is 5. The number of unbranched alkanes of at least 4 members (excludes halogenated alkanes) is 7. The first-order valence-electron chi connectivity index (χ1n) is 16.0. The van der Waals surface area contributed by atoms with Crippen molar-refractivity contribution < 1.29 is 29.0 Å². The van der Waals surface area contributed by atoms with Crippen molar-refractivity contribution >= 4 is 18.3 Å². The molecule has 1 aromatic carbocycles. The topological polar surface area (TPSA) is 108 Å². The van der Waals surface area contributed by atoms with Crippen LogP contribution in [0.25, 0.3) is 0 Å². The Balaban J connectivity index is 1.64. The number of nitrogens with zero attached hydrogens (tertiary/aromatic N) is 2. The molecule has 0 spiro atoms. The molecule has 2 rings (SSSR count). The molecule has 9 nitrogen and oxygen atoms in total. The van der Waals surface area contributed by atoms with Gasteiger partial charge in [-0.2, -0.15) is 0 Å². The Labute approximate surface area is 253 Å². The van der Waals surface area contributed by atoms with E-state index in [0.717, 1.165) is 50.5 Å². The number of rotatable bonds is 17. The molecule has 0 atom stereocenters. The number of ether oxygens (including phenoxy) is 2. The number of carbonyl (C=O) groups is 3. The number of likely N-dealkylation sites (tertiary alicyclic amines) is 1. The molecule has 2 N–H and O–H groups in total. The molecule has 0 radical (unpaired) electrons. The summed E-state index contributed by atoms with van der Waals surface area (Å²) in [5.41, 5.74) is 2.67. The molecule has 0 aromatic heterocycles. The van der Waals surface area contributed by atoms with Crippen LogP contribution in [0, 0.1) is 5.41 Å². The van der Waals surface area contributed by atoms with Crippen molar-refractivity contribution in [2.24, 2.45) is 5.41 Å². The van der Waals surface area contributed by atoms with E-state index in [9.17, 15) is 14.4 Å². The van der Waals surface area contributed by atoms with Crippen LogP contribution in [-0.4, -0.2) is 72.1 Å². The van der Waals surface area contributed by atoms with E-state index in [1.54, 1.807) is 0 Å². The number of carboxylic acid groups (broad SMARTS) is 1. The van der Waals surface area contributed by atoms with Gasteiger partial charge in [0.2, 0.25) is 0 Å². The third-order valence-electron chi connectivity index (χ3n) is 7.47. The molecule has 0 unspecified atom stereocenters. The Bertz CT molecular complexity index is 923. The largest absolute Gasteiger partial charge is 0.465 e. The molecular formula is C33H55N3O6. The van der Waals surface area contributed by atoms with Crippen LogP contribution in [0.5, 0.6) is 0 Å². The highest BCUT2D eigenvalue weighted by molar-refractivity contribution is 5.68. The maximum absolute atomic E-state index is 13.0. The zero-order valence-electron chi connectivity index (χ0n) is 26.5. The van der Waals surface area contributed by atoms with Crippen LogP contribution in [0.1, 0.15) is 109 Å². The molecule has 0 bridgehead atoms. The molecular weight excluding hydrogens is 534 g/mol. The molecule has 3 amide bonds. The molecule has 0 aliphatic carbocycles. The van der Waals surface area contributed by atoms with E-state index in [0.29, 0.717) is 52.2 Å². The lowest BCUT2D eigenvalue weighted by molar-refractivity contribution is 0.0510. The first kappa shape index (κ1) is 35.2. The summed E-state index contributed by atoms with van der Waals surface area (Å²) in [6.07, 6.45) is 9.34. The lowest BCUT2D eigenvalue weighted by atomic mass is 9.88. The van der Waals surface area contributed by atoms with E-state index in [1.807, 2.05) is 4.90 Å². The summed E-state index contributed by atoms with van der Waals surface area (Å²) in [6.45, 7) is 11.9. The zero-order chi connectivity index (χ0) is 30.8. The summed E-state index contributed by atoms with van der Waals surface area (Å²) in [7, 11) is 0. The summed E-state index contributed by atoms with van der Waals surface area (Å²) >= 11 is 0. The molecule has 1 aromatic rings. The van der Waals surface area contributed by atoms with Crippen molar-refractivity contribution in [1.29, 1.82) is 0 Å². The molecule has 238 valence electrons. The van der Waals surface area contributed by atoms with Gasteiger partial charge in [0, 0.05) is 45.6 Å². The maximum Gasteiger partial charge on any atom is 0.410 e. The van der Waals surface area contributed by atoms with Gasteiger partial charge in [0.25, 0.3) is 0 Å². The summed E-state index contributed by atoms with van der Waals surface area (Å²) in [6, 6.07) is 8.60. The smallest absolute Gasteiger partial charge is 0.410 e. The second-order valence-electron chi connectivity index (χ2n) is 12.7. The number of alkyl carbamates (subject to hydrolysis) is 1. The number of amides is 3. The fourth-order valence-electron chi connectivity index (χ4n) is 5.12. The van der Waals surface area contributed by atoms with E-state index >= 15 is 0 Å². The first-order valence-corrected chi connectivity index (χ1v) is 16.0. The molecule has 1 saturated heterocycles. The molecule has 42 heavy (non-hydrogen) atoms. The van der Waals surface area contributed by atoms with Crippen LogP contribution in [0.2, 0.25) is 0 Å². The Morgan fingerprint density at radius 3 is 2.19 bits per heavy atom. The van der Waals surface area contributed by atoms with Gasteiger partial charge in [-0.1, -0.05) is 84.1 Å². The molecule has 1 aliphatic rings. The summed E-state index contributed by atoms with van der Waals surface area (Å²) in [4.78, 5) is 39.1. The van der Waals surface area contributed by atoms with Crippen LogP contribution in [0.3, 0.4) is 0 Å². The second-order valence-corrected chi connectivity index (χ2v) is 12.7. The lowest BCUT2D eigenvalue weighted by Crippen LogP contribution is -2.41. The predicted octanol–water partition coefficient (Wildman–Crippen LogP) is 7.61. The third-order valence-corrected chi connectivity index (χ3v) is 7.47. The number of hydrogen-bond donors (Lipinski definition) is 2. The molecule has 1 fully saturated rings. The minimum absolute atomic E-state index is 0.237. The Hall–Kier alpha value is -2.97. The fraction of sp³-hybridized carbons (Fsp3) is 0.727. The standard InChI is InChI=1S/C33H55N3O6/c1-5-6-7-9-12-21-36(26-28-16-14-27(15-17-28)25-33(2,3)4)32(40)41-24-13-10-8-11-20-34-30(37)42-29-18-22-35(23-19-29)31(38)39/h14-17,29H,5-13,18-26H2,1-4H3,(H,34,37)(H,38,39). The van der Waals surface area contributed by atoms with Gasteiger partial charge in [-0.3, -0.25) is 0 Å². The quantitative estimate of drug-likeness (QED) is 0.181. The summed E-state index contributed by atoms with van der Waals surface area (Å²) in [5, 5.41) is 11.8. The first-order chi connectivity index (χ1) is 20.1. The Morgan fingerprint density at radius 2 is 1.55 bits per heavy atom. The highest BCUT2D eigenvalue weighted by atomic mass is 16.6. The monoisotopic (exact) mass is 589 g/mol. The van der Waals surface area contributed by atoms with Gasteiger partial charge in [0.05, 0.1) is 6.61 Å². The minimum atomic E-state index is -0.930. The average Bonchev–Trinajstić information content (AvgIpc) is 2.94. The van der Waals surface area contributed by atoms with Crippen LogP contribution < -0.4 is 5.32 Å². The van der Waals surface area contributed by atoms with Gasteiger partial charge in [0.1, 0.15) is 6.10 Å². The Kier molecular flexibility index (Phi) is 16.2. The average molecular weight is 590 g/mol. The summed E-state index contributed by atoms with van der Waals surface area (Å²) < 4.78 is 11.0. The van der Waals surface area contributed by atoms with Gasteiger partial charge in [-0.15, -0.1) is 0 Å². The number of piperidine rings is 1. The third kappa shape index (κ3) is 15.3. The van der Waals surface area contributed by atoms with Crippen LogP contribution >= 0.6 is 0 Å². The number of carbonyl (C=O) groups excluding carboxylic acids is 2. The van der Waals surface area contributed by atoms with Crippen molar-refractivity contribution in [1.82, 2.24) is 15.1 Å². The van der Waals surface area contributed by atoms with E-state index in [1.165, 1.54) is 29.7 Å². The van der Waals surface area contributed by atoms with E-state index < -0.39 is 12.2 Å². The molecule has 9 heteroatoms. The van der Waals surface area contributed by atoms with E-state index in [4.69, 9.17) is 14.6 Å². The van der Waals surface area contributed by atoms with Crippen LogP contribution in [0.15, 0.2) is 24.3 Å². The van der Waals surface area contributed by atoms with Crippen molar-refractivity contribution in [3.8, 4) is 0 Å². The van der Waals surface area contributed by atoms with Crippen molar-refractivity contribution in [3.63, 3.8) is 0 Å². The molecule has 0 saturated carbocycles. The molecule has 1 aliphatic heterocycles. The predicted molar refractivity (Wildman–Crippen MR) is 166 cm³/mol. The Morgan fingerprint density at radius 1 is 0.929 bits per heavy atom. The van der Waals surface area contributed by atoms with Gasteiger partial charge >= 0.3 is 18.3 Å². The number of benzene rings is 1. The van der Waals surface area contributed by atoms with Gasteiger partial charge in [0.15, 0.2) is 0 Å². The highest BCUT2D eigenvalue weighted by Gasteiger charge is 2.24. The van der Waals surface area contributed by atoms with Crippen LogP contribution in [-0.2, 0) is 22.4 Å². The highest BCUT2D eigenvalue weighted by Crippen LogP contribution is 2.21. The van der Waals surface area contributed by atoms with Gasteiger partial charge in [-0.05, 0) is 48.6 Å². The minimum Gasteiger partial charge on any atom is -0.465 e. The van der Waals surface area contributed by atoms with Crippen molar-refractivity contribution in [3.05, 3.63) is 35.4 Å². The number of nitrogens with one attached hydrogen (secondary N) is 1. The zero-order valence-corrected chi connectivity index (χ0v) is 26.5. The van der Waals surface area contributed by atoms with Gasteiger partial charge in [-0.25, -0.2) is 14.4 Å². The van der Waals surface area contributed by atoms with Gasteiger partial charge < -0.3 is 29.7 Å². The SMILES string of the molecule is CCCCCCCN(Cc1ccc(CC(C)(C)C)cc1)C(=O)OCCCCCCNC(=O)OC1CCN(C(=O)O)CC1. The molecule has 1 heterocycles. The normalized spacial score (nSPS) is 14.0.